The lowest BCUT2D eigenvalue weighted by Gasteiger charge is -2.35. The Bertz CT molecular complexity index is 445. The van der Waals surface area contributed by atoms with Crippen molar-refractivity contribution < 1.29 is 0 Å². The minimum Gasteiger partial charge on any atom is -0.384 e. The van der Waals surface area contributed by atoms with Crippen molar-refractivity contribution >= 4 is 23.1 Å². The van der Waals surface area contributed by atoms with Gasteiger partial charge in [0.25, 0.3) is 0 Å². The predicted octanol–water partition coefficient (Wildman–Crippen LogP) is 3.25. The first-order valence-corrected chi connectivity index (χ1v) is 6.89. The number of nitrogens with one attached hydrogen (secondary N) is 1. The van der Waals surface area contributed by atoms with E-state index in [0.717, 1.165) is 24.7 Å². The second kappa shape index (κ2) is 5.61. The molecule has 1 aromatic carbocycles. The Morgan fingerprint density at radius 2 is 2.33 bits per heavy atom. The molecule has 1 heterocycles. The smallest absolute Gasteiger partial charge is 0.126 e. The van der Waals surface area contributed by atoms with Gasteiger partial charge >= 0.3 is 0 Å². The van der Waals surface area contributed by atoms with E-state index in [1.165, 1.54) is 19.3 Å². The van der Waals surface area contributed by atoms with Gasteiger partial charge in [-0.05, 0) is 30.9 Å². The maximum Gasteiger partial charge on any atom is 0.126 e. The van der Waals surface area contributed by atoms with Crippen LogP contribution in [0.25, 0.3) is 0 Å². The molecule has 3 nitrogen and oxygen atoms in total. The molecule has 0 aromatic heterocycles. The maximum absolute atomic E-state index is 7.70. The Labute approximate surface area is 113 Å². The van der Waals surface area contributed by atoms with E-state index in [1.54, 1.807) is 6.07 Å². The van der Waals surface area contributed by atoms with Gasteiger partial charge < -0.3 is 10.6 Å². The molecule has 0 saturated carbocycles. The largest absolute Gasteiger partial charge is 0.384 e. The van der Waals surface area contributed by atoms with E-state index in [0.29, 0.717) is 10.6 Å². The van der Waals surface area contributed by atoms with Gasteiger partial charge in [0.15, 0.2) is 0 Å². The second-order valence-electron chi connectivity index (χ2n) is 4.91. The standard InChI is InChI=1S/C14H20ClN3/c1-2-10-5-4-8-18(9-10)12-7-3-6-11(15)13(12)14(16)17/h3,6-7,10H,2,4-5,8-9H2,1H3,(H3,16,17). The van der Waals surface area contributed by atoms with Crippen molar-refractivity contribution in [2.45, 2.75) is 26.2 Å². The molecular formula is C14H20ClN3. The number of benzene rings is 1. The molecule has 1 atom stereocenters. The van der Waals surface area contributed by atoms with Gasteiger partial charge in [-0.25, -0.2) is 0 Å². The van der Waals surface area contributed by atoms with Crippen LogP contribution in [0.1, 0.15) is 31.7 Å². The number of hydrogen-bond donors (Lipinski definition) is 2. The lowest BCUT2D eigenvalue weighted by atomic mass is 9.94. The molecule has 0 aliphatic carbocycles. The van der Waals surface area contributed by atoms with Crippen molar-refractivity contribution in [1.82, 2.24) is 0 Å². The van der Waals surface area contributed by atoms with E-state index in [2.05, 4.69) is 11.8 Å². The van der Waals surface area contributed by atoms with Gasteiger partial charge in [0, 0.05) is 18.8 Å². The summed E-state index contributed by atoms with van der Waals surface area (Å²) >= 11 is 6.17. The number of piperidine rings is 1. The molecule has 1 saturated heterocycles. The van der Waals surface area contributed by atoms with Gasteiger partial charge in [-0.15, -0.1) is 0 Å². The fourth-order valence-electron chi connectivity index (χ4n) is 2.66. The molecule has 2 rings (SSSR count). The van der Waals surface area contributed by atoms with Crippen LogP contribution in [0.4, 0.5) is 5.69 Å². The van der Waals surface area contributed by atoms with Gasteiger partial charge in [-0.2, -0.15) is 0 Å². The number of nitrogens with zero attached hydrogens (tertiary/aromatic N) is 1. The van der Waals surface area contributed by atoms with Crippen LogP contribution in [-0.2, 0) is 0 Å². The first-order chi connectivity index (χ1) is 8.63. The van der Waals surface area contributed by atoms with E-state index in [1.807, 2.05) is 12.1 Å². The third-order valence-electron chi connectivity index (χ3n) is 3.70. The summed E-state index contributed by atoms with van der Waals surface area (Å²) < 4.78 is 0. The summed E-state index contributed by atoms with van der Waals surface area (Å²) in [6.45, 7) is 4.30. The highest BCUT2D eigenvalue weighted by atomic mass is 35.5. The summed E-state index contributed by atoms with van der Waals surface area (Å²) in [7, 11) is 0. The van der Waals surface area contributed by atoms with E-state index >= 15 is 0 Å². The topological polar surface area (TPSA) is 53.1 Å². The van der Waals surface area contributed by atoms with Gasteiger partial charge in [-0.3, -0.25) is 5.41 Å². The maximum atomic E-state index is 7.70. The van der Waals surface area contributed by atoms with Crippen LogP contribution >= 0.6 is 11.6 Å². The van der Waals surface area contributed by atoms with Crippen molar-refractivity contribution in [3.63, 3.8) is 0 Å². The van der Waals surface area contributed by atoms with Crippen LogP contribution in [0.15, 0.2) is 18.2 Å². The first kappa shape index (κ1) is 13.2. The molecule has 1 aliphatic heterocycles. The van der Waals surface area contributed by atoms with E-state index in [9.17, 15) is 0 Å². The zero-order chi connectivity index (χ0) is 13.1. The SMILES string of the molecule is CCC1CCCN(c2cccc(Cl)c2C(=N)N)C1. The molecule has 4 heteroatoms. The fourth-order valence-corrected chi connectivity index (χ4v) is 2.93. The molecule has 1 fully saturated rings. The van der Waals surface area contributed by atoms with Gasteiger partial charge in [-0.1, -0.05) is 31.0 Å². The summed E-state index contributed by atoms with van der Waals surface area (Å²) in [5.74, 6) is 0.784. The third kappa shape index (κ3) is 2.61. The van der Waals surface area contributed by atoms with Crippen molar-refractivity contribution in [2.24, 2.45) is 11.7 Å². The molecule has 18 heavy (non-hydrogen) atoms. The Kier molecular flexibility index (Phi) is 4.12. The summed E-state index contributed by atoms with van der Waals surface area (Å²) in [6.07, 6.45) is 3.69. The molecule has 0 amide bonds. The van der Waals surface area contributed by atoms with Crippen molar-refractivity contribution in [1.29, 1.82) is 5.41 Å². The lowest BCUT2D eigenvalue weighted by molar-refractivity contribution is 0.404. The summed E-state index contributed by atoms with van der Waals surface area (Å²) in [4.78, 5) is 2.32. The van der Waals surface area contributed by atoms with Gasteiger partial charge in [0.2, 0.25) is 0 Å². The minimum absolute atomic E-state index is 0.0502. The van der Waals surface area contributed by atoms with Crippen molar-refractivity contribution in [3.05, 3.63) is 28.8 Å². The van der Waals surface area contributed by atoms with Crippen LogP contribution in [0.3, 0.4) is 0 Å². The number of nitrogens with two attached hydrogens (primary N) is 1. The summed E-state index contributed by atoms with van der Waals surface area (Å²) in [6, 6.07) is 5.74. The molecule has 0 spiro atoms. The van der Waals surface area contributed by atoms with Crippen molar-refractivity contribution in [3.8, 4) is 0 Å². The van der Waals surface area contributed by atoms with Crippen LogP contribution in [-0.4, -0.2) is 18.9 Å². The Balaban J connectivity index is 2.32. The number of amidine groups is 1. The quantitative estimate of drug-likeness (QED) is 0.651. The van der Waals surface area contributed by atoms with Crippen molar-refractivity contribution in [2.75, 3.05) is 18.0 Å². The Morgan fingerprint density at radius 3 is 3.00 bits per heavy atom. The minimum atomic E-state index is 0.0502. The fraction of sp³-hybridized carbons (Fsp3) is 0.500. The van der Waals surface area contributed by atoms with Gasteiger partial charge in [0.1, 0.15) is 5.84 Å². The first-order valence-electron chi connectivity index (χ1n) is 6.51. The summed E-state index contributed by atoms with van der Waals surface area (Å²) in [5, 5.41) is 8.27. The predicted molar refractivity (Wildman–Crippen MR) is 77.7 cm³/mol. The third-order valence-corrected chi connectivity index (χ3v) is 4.01. The molecule has 1 aromatic rings. The molecule has 0 bridgehead atoms. The monoisotopic (exact) mass is 265 g/mol. The van der Waals surface area contributed by atoms with Crippen LogP contribution in [0, 0.1) is 11.3 Å². The van der Waals surface area contributed by atoms with Crippen LogP contribution in [0.2, 0.25) is 5.02 Å². The zero-order valence-corrected chi connectivity index (χ0v) is 11.5. The van der Waals surface area contributed by atoms with Crippen LogP contribution < -0.4 is 10.6 Å². The Morgan fingerprint density at radius 1 is 1.56 bits per heavy atom. The average Bonchev–Trinajstić information content (AvgIpc) is 2.38. The molecular weight excluding hydrogens is 246 g/mol. The summed E-state index contributed by atoms with van der Waals surface area (Å²) in [5.41, 5.74) is 7.35. The number of hydrogen-bond acceptors (Lipinski definition) is 2. The highest BCUT2D eigenvalue weighted by Crippen LogP contribution is 2.31. The highest BCUT2D eigenvalue weighted by molar-refractivity contribution is 6.34. The van der Waals surface area contributed by atoms with Gasteiger partial charge in [0.05, 0.1) is 10.6 Å². The molecule has 1 unspecified atom stereocenters. The zero-order valence-electron chi connectivity index (χ0n) is 10.7. The van der Waals surface area contributed by atoms with E-state index in [-0.39, 0.29) is 5.84 Å². The number of halogens is 1. The lowest BCUT2D eigenvalue weighted by Crippen LogP contribution is -2.36. The van der Waals surface area contributed by atoms with E-state index < -0.39 is 0 Å². The normalized spacial score (nSPS) is 19.9. The highest BCUT2D eigenvalue weighted by Gasteiger charge is 2.22. The average molecular weight is 266 g/mol. The Hall–Kier alpha value is -1.22. The molecule has 1 aliphatic rings. The van der Waals surface area contributed by atoms with E-state index in [4.69, 9.17) is 22.7 Å². The molecule has 0 radical (unpaired) electrons. The number of nitrogen functional groups attached to an aromatic ring is 1. The number of rotatable bonds is 3. The molecule has 3 N–H and O–H groups in total. The molecule has 98 valence electrons. The second-order valence-corrected chi connectivity index (χ2v) is 5.32. The van der Waals surface area contributed by atoms with Crippen LogP contribution in [0.5, 0.6) is 0 Å². The number of anilines is 1.